The van der Waals surface area contributed by atoms with Crippen molar-refractivity contribution in [3.63, 3.8) is 0 Å². The largest absolute Gasteiger partial charge is 0.507 e. The molecule has 2 aliphatic rings. The summed E-state index contributed by atoms with van der Waals surface area (Å²) in [6.07, 6.45) is 0. The zero-order valence-electron chi connectivity index (χ0n) is 14.8. The van der Waals surface area contributed by atoms with Crippen molar-refractivity contribution in [2.24, 2.45) is 0 Å². The lowest BCUT2D eigenvalue weighted by molar-refractivity contribution is -0.165. The van der Waals surface area contributed by atoms with Crippen molar-refractivity contribution in [1.82, 2.24) is 10.2 Å². The van der Waals surface area contributed by atoms with Gasteiger partial charge < -0.3 is 25.2 Å². The van der Waals surface area contributed by atoms with E-state index in [0.717, 1.165) is 0 Å². The van der Waals surface area contributed by atoms with Gasteiger partial charge in [-0.2, -0.15) is 0 Å². The first-order valence-electron chi connectivity index (χ1n) is 7.96. The number of carbonyl (C=O) groups excluding carboxylic acids is 2. The second-order valence-electron chi connectivity index (χ2n) is 7.04. The minimum atomic E-state index is -1.27. The minimum absolute atomic E-state index is 0.0699. The highest BCUT2D eigenvalue weighted by molar-refractivity contribution is 8.01. The van der Waals surface area contributed by atoms with Gasteiger partial charge in [0, 0.05) is 4.75 Å². The molecule has 0 radical (unpaired) electrons. The number of carbonyl (C=O) groups is 3. The average molecular weight is 380 g/mol. The number of nitrogens with zero attached hydrogens (tertiary/aromatic N) is 1. The molecule has 2 aliphatic heterocycles. The number of benzene rings is 1. The molecule has 2 heterocycles. The molecular weight excluding hydrogens is 360 g/mol. The summed E-state index contributed by atoms with van der Waals surface area (Å²) in [5.74, 6) is -2.29. The van der Waals surface area contributed by atoms with E-state index in [0.29, 0.717) is 0 Å². The summed E-state index contributed by atoms with van der Waals surface area (Å²) in [6.45, 7) is 5.08. The highest BCUT2D eigenvalue weighted by Gasteiger charge is 2.70. The van der Waals surface area contributed by atoms with Gasteiger partial charge in [0.05, 0.1) is 7.11 Å². The maximum absolute atomic E-state index is 12.7. The fourth-order valence-electron chi connectivity index (χ4n) is 3.55. The first kappa shape index (κ1) is 18.4. The molecule has 0 saturated carbocycles. The van der Waals surface area contributed by atoms with E-state index in [1.165, 1.54) is 42.0 Å². The van der Waals surface area contributed by atoms with Gasteiger partial charge in [-0.05, 0) is 32.9 Å². The third kappa shape index (κ3) is 2.41. The standard InChI is InChI=1S/C17H20N2O6S/c1-16(2)11(13(22)23)19-14(24)17(3,15(19)26-16)18-12(21)10-8(20)6-5-7-9(10)25-4/h5-7,11,15,20H,1-4H3,(H,18,21)(H,22,23)/t11-,15+,17?/m0/s1. The zero-order chi connectivity index (χ0) is 19.4. The molecule has 2 fully saturated rings. The maximum Gasteiger partial charge on any atom is 0.327 e. The Kier molecular flexibility index (Phi) is 4.10. The number of carboxylic acids is 1. The van der Waals surface area contributed by atoms with E-state index in [1.54, 1.807) is 20.8 Å². The molecule has 3 atom stereocenters. The molecule has 3 N–H and O–H groups in total. The predicted molar refractivity (Wildman–Crippen MR) is 94.3 cm³/mol. The van der Waals surface area contributed by atoms with Crippen LogP contribution < -0.4 is 10.1 Å². The number of phenolic OH excluding ortho intramolecular Hbond substituents is 1. The number of aliphatic carboxylic acids is 1. The van der Waals surface area contributed by atoms with Crippen LogP contribution in [0.2, 0.25) is 0 Å². The van der Waals surface area contributed by atoms with Crippen LogP contribution in [0.25, 0.3) is 0 Å². The van der Waals surface area contributed by atoms with E-state index >= 15 is 0 Å². The number of thioether (sulfide) groups is 1. The van der Waals surface area contributed by atoms with E-state index in [2.05, 4.69) is 5.32 Å². The number of phenols is 1. The quantitative estimate of drug-likeness (QED) is 0.668. The van der Waals surface area contributed by atoms with E-state index in [9.17, 15) is 24.6 Å². The summed E-state index contributed by atoms with van der Waals surface area (Å²) in [4.78, 5) is 38.3. The molecule has 2 saturated heterocycles. The van der Waals surface area contributed by atoms with E-state index in [4.69, 9.17) is 4.74 Å². The first-order valence-corrected chi connectivity index (χ1v) is 8.84. The zero-order valence-corrected chi connectivity index (χ0v) is 15.6. The topological polar surface area (TPSA) is 116 Å². The number of ether oxygens (including phenoxy) is 1. The fourth-order valence-corrected chi connectivity index (χ4v) is 5.20. The number of aromatic hydroxyl groups is 1. The third-order valence-corrected chi connectivity index (χ3v) is 6.59. The Hall–Kier alpha value is -2.42. The second kappa shape index (κ2) is 5.80. The average Bonchev–Trinajstić information content (AvgIpc) is 2.83. The fraction of sp³-hybridized carbons (Fsp3) is 0.471. The molecule has 0 aromatic heterocycles. The van der Waals surface area contributed by atoms with Gasteiger partial charge >= 0.3 is 5.97 Å². The van der Waals surface area contributed by atoms with Crippen LogP contribution >= 0.6 is 11.8 Å². The van der Waals surface area contributed by atoms with Crippen LogP contribution in [0.5, 0.6) is 11.5 Å². The number of rotatable bonds is 4. The van der Waals surface area contributed by atoms with Crippen molar-refractivity contribution >= 4 is 29.5 Å². The summed E-state index contributed by atoms with van der Waals surface area (Å²) < 4.78 is 4.42. The molecule has 0 spiro atoms. The van der Waals surface area contributed by atoms with Gasteiger partial charge in [-0.1, -0.05) is 6.07 Å². The molecule has 1 unspecified atom stereocenters. The van der Waals surface area contributed by atoms with Gasteiger partial charge in [-0.15, -0.1) is 11.8 Å². The van der Waals surface area contributed by atoms with Crippen molar-refractivity contribution in [1.29, 1.82) is 0 Å². The van der Waals surface area contributed by atoms with Crippen molar-refractivity contribution in [2.45, 2.75) is 42.5 Å². The van der Waals surface area contributed by atoms with Crippen LogP contribution in [0.3, 0.4) is 0 Å². The third-order valence-electron chi connectivity index (χ3n) is 4.84. The normalized spacial score (nSPS) is 28.9. The molecule has 140 valence electrons. The van der Waals surface area contributed by atoms with Crippen LogP contribution in [0.15, 0.2) is 18.2 Å². The summed E-state index contributed by atoms with van der Waals surface area (Å²) in [5, 5.41) is 21.6. The van der Waals surface area contributed by atoms with E-state index in [-0.39, 0.29) is 17.1 Å². The molecule has 9 heteroatoms. The van der Waals surface area contributed by atoms with Gasteiger partial charge in [-0.25, -0.2) is 4.79 Å². The monoisotopic (exact) mass is 380 g/mol. The van der Waals surface area contributed by atoms with Gasteiger partial charge in [0.2, 0.25) is 0 Å². The highest BCUT2D eigenvalue weighted by atomic mass is 32.2. The summed E-state index contributed by atoms with van der Waals surface area (Å²) in [7, 11) is 1.37. The lowest BCUT2D eigenvalue weighted by Crippen LogP contribution is -2.78. The van der Waals surface area contributed by atoms with Crippen LogP contribution in [-0.4, -0.2) is 61.7 Å². The SMILES string of the molecule is COc1cccc(O)c1C(=O)NC1(C)C(=O)N2[C@@H](C(=O)O)C(C)(C)S[C@@H]21. The Bertz CT molecular complexity index is 810. The molecule has 1 aromatic carbocycles. The lowest BCUT2D eigenvalue weighted by atomic mass is 9.86. The Labute approximate surface area is 154 Å². The van der Waals surface area contributed by atoms with Gasteiger partial charge in [-0.3, -0.25) is 9.59 Å². The molecule has 8 nitrogen and oxygen atoms in total. The molecule has 3 rings (SSSR count). The number of carboxylic acid groups (broad SMARTS) is 1. The molecule has 1 aromatic rings. The maximum atomic E-state index is 12.7. The number of β-lactam (4-membered cyclic amide) rings is 1. The smallest absolute Gasteiger partial charge is 0.327 e. The predicted octanol–water partition coefficient (Wildman–Crippen LogP) is 1.04. The Balaban J connectivity index is 1.89. The number of hydrogen-bond donors (Lipinski definition) is 3. The number of nitrogens with one attached hydrogen (secondary N) is 1. The van der Waals surface area contributed by atoms with Crippen LogP contribution in [0.1, 0.15) is 31.1 Å². The number of methoxy groups -OCH3 is 1. The number of hydrogen-bond acceptors (Lipinski definition) is 6. The Morgan fingerprint density at radius 3 is 2.54 bits per heavy atom. The molecular formula is C17H20N2O6S. The molecule has 0 aliphatic carbocycles. The Morgan fingerprint density at radius 2 is 1.96 bits per heavy atom. The van der Waals surface area contributed by atoms with Crippen molar-refractivity contribution in [2.75, 3.05) is 7.11 Å². The second-order valence-corrected chi connectivity index (χ2v) is 8.77. The van der Waals surface area contributed by atoms with Crippen molar-refractivity contribution < 1.29 is 29.3 Å². The highest BCUT2D eigenvalue weighted by Crippen LogP contribution is 2.54. The molecule has 26 heavy (non-hydrogen) atoms. The summed E-state index contributed by atoms with van der Waals surface area (Å²) in [6, 6.07) is 3.45. The molecule has 2 amide bonds. The van der Waals surface area contributed by atoms with Crippen molar-refractivity contribution in [3.05, 3.63) is 23.8 Å². The Morgan fingerprint density at radius 1 is 1.31 bits per heavy atom. The van der Waals surface area contributed by atoms with Crippen molar-refractivity contribution in [3.8, 4) is 11.5 Å². The number of fused-ring (bicyclic) bond motifs is 1. The summed E-state index contributed by atoms with van der Waals surface area (Å²) in [5.41, 5.74) is -1.34. The summed E-state index contributed by atoms with van der Waals surface area (Å²) >= 11 is 1.33. The minimum Gasteiger partial charge on any atom is -0.507 e. The van der Waals surface area contributed by atoms with Crippen LogP contribution in [0, 0.1) is 0 Å². The lowest BCUT2D eigenvalue weighted by Gasteiger charge is -2.51. The van der Waals surface area contributed by atoms with Gasteiger partial charge in [0.1, 0.15) is 34.0 Å². The van der Waals surface area contributed by atoms with Crippen LogP contribution in [0.4, 0.5) is 0 Å². The van der Waals surface area contributed by atoms with E-state index in [1.807, 2.05) is 0 Å². The van der Waals surface area contributed by atoms with Crippen LogP contribution in [-0.2, 0) is 9.59 Å². The molecule has 0 bridgehead atoms. The number of amides is 2. The first-order chi connectivity index (χ1) is 12.0. The van der Waals surface area contributed by atoms with Gasteiger partial charge in [0.15, 0.2) is 0 Å². The van der Waals surface area contributed by atoms with Gasteiger partial charge in [0.25, 0.3) is 11.8 Å². The van der Waals surface area contributed by atoms with E-state index < -0.39 is 39.5 Å².